The molecule has 0 unspecified atom stereocenters. The first-order valence-electron chi connectivity index (χ1n) is 6.67. The summed E-state index contributed by atoms with van der Waals surface area (Å²) >= 11 is 0. The molecule has 0 spiro atoms. The Morgan fingerprint density at radius 2 is 2.20 bits per heavy atom. The van der Waals surface area contributed by atoms with Crippen LogP contribution in [0.15, 0.2) is 42.9 Å². The van der Waals surface area contributed by atoms with Gasteiger partial charge in [-0.15, -0.1) is 0 Å². The first-order valence-corrected chi connectivity index (χ1v) is 6.67. The number of pyridine rings is 2. The van der Waals surface area contributed by atoms with Crippen molar-refractivity contribution in [1.29, 1.82) is 0 Å². The van der Waals surface area contributed by atoms with Crippen LogP contribution in [0.1, 0.15) is 12.0 Å². The van der Waals surface area contributed by atoms with Gasteiger partial charge in [0.1, 0.15) is 0 Å². The van der Waals surface area contributed by atoms with Gasteiger partial charge in [-0.05, 0) is 30.7 Å². The zero-order valence-corrected chi connectivity index (χ0v) is 11.7. The molecule has 106 valence electrons. The first kappa shape index (κ1) is 14.3. The number of rotatable bonds is 7. The lowest BCUT2D eigenvalue weighted by atomic mass is 10.2. The second-order valence-corrected chi connectivity index (χ2v) is 4.48. The molecule has 0 radical (unpaired) electrons. The Morgan fingerprint density at radius 3 is 2.90 bits per heavy atom. The number of nitrogens with zero attached hydrogens (tertiary/aromatic N) is 3. The molecular formula is C15H20N4O. The molecule has 0 amide bonds. The SMILES string of the molecule is COc1cc(N(CCCN)Cc2cccnc2)ccn1. The van der Waals surface area contributed by atoms with Crippen LogP contribution in [-0.2, 0) is 6.54 Å². The van der Waals surface area contributed by atoms with Gasteiger partial charge < -0.3 is 15.4 Å². The summed E-state index contributed by atoms with van der Waals surface area (Å²) in [7, 11) is 1.62. The van der Waals surface area contributed by atoms with E-state index in [9.17, 15) is 0 Å². The van der Waals surface area contributed by atoms with Crippen molar-refractivity contribution >= 4 is 5.69 Å². The topological polar surface area (TPSA) is 64.3 Å². The fourth-order valence-corrected chi connectivity index (χ4v) is 2.00. The molecule has 0 aromatic carbocycles. The molecule has 2 aromatic rings. The zero-order valence-electron chi connectivity index (χ0n) is 11.7. The monoisotopic (exact) mass is 272 g/mol. The third kappa shape index (κ3) is 3.93. The number of hydrogen-bond acceptors (Lipinski definition) is 5. The summed E-state index contributed by atoms with van der Waals surface area (Å²) in [5.41, 5.74) is 7.87. The summed E-state index contributed by atoms with van der Waals surface area (Å²) in [6.07, 6.45) is 6.36. The van der Waals surface area contributed by atoms with Crippen LogP contribution in [0.3, 0.4) is 0 Å². The van der Waals surface area contributed by atoms with Gasteiger partial charge in [-0.25, -0.2) is 4.98 Å². The largest absolute Gasteiger partial charge is 0.481 e. The van der Waals surface area contributed by atoms with E-state index in [1.54, 1.807) is 19.5 Å². The van der Waals surface area contributed by atoms with Crippen LogP contribution in [0.4, 0.5) is 5.69 Å². The minimum absolute atomic E-state index is 0.617. The Hall–Kier alpha value is -2.14. The average molecular weight is 272 g/mol. The van der Waals surface area contributed by atoms with E-state index < -0.39 is 0 Å². The van der Waals surface area contributed by atoms with E-state index >= 15 is 0 Å². The molecule has 0 aliphatic heterocycles. The third-order valence-corrected chi connectivity index (χ3v) is 3.02. The van der Waals surface area contributed by atoms with E-state index in [1.165, 1.54) is 5.56 Å². The number of methoxy groups -OCH3 is 1. The van der Waals surface area contributed by atoms with Crippen molar-refractivity contribution in [3.05, 3.63) is 48.4 Å². The van der Waals surface area contributed by atoms with E-state index in [0.29, 0.717) is 12.4 Å². The molecule has 0 fully saturated rings. The molecule has 0 bridgehead atoms. The van der Waals surface area contributed by atoms with Crippen molar-refractivity contribution in [2.45, 2.75) is 13.0 Å². The van der Waals surface area contributed by atoms with E-state index in [0.717, 1.165) is 25.2 Å². The molecule has 20 heavy (non-hydrogen) atoms. The quantitative estimate of drug-likeness (QED) is 0.833. The van der Waals surface area contributed by atoms with Gasteiger partial charge in [0.05, 0.1) is 7.11 Å². The first-order chi connectivity index (χ1) is 9.83. The predicted octanol–water partition coefficient (Wildman–Crippen LogP) is 1.84. The van der Waals surface area contributed by atoms with Gasteiger partial charge in [0.25, 0.3) is 0 Å². The van der Waals surface area contributed by atoms with Gasteiger partial charge in [0.2, 0.25) is 5.88 Å². The predicted molar refractivity (Wildman–Crippen MR) is 79.7 cm³/mol. The summed E-state index contributed by atoms with van der Waals surface area (Å²) in [4.78, 5) is 10.6. The van der Waals surface area contributed by atoms with Gasteiger partial charge >= 0.3 is 0 Å². The van der Waals surface area contributed by atoms with Gasteiger partial charge in [0.15, 0.2) is 0 Å². The zero-order chi connectivity index (χ0) is 14.2. The van der Waals surface area contributed by atoms with Crippen molar-refractivity contribution in [2.75, 3.05) is 25.1 Å². The highest BCUT2D eigenvalue weighted by Crippen LogP contribution is 2.20. The van der Waals surface area contributed by atoms with E-state index in [-0.39, 0.29) is 0 Å². The smallest absolute Gasteiger partial charge is 0.214 e. The molecule has 2 heterocycles. The summed E-state index contributed by atoms with van der Waals surface area (Å²) < 4.78 is 5.18. The Balaban J connectivity index is 2.17. The lowest BCUT2D eigenvalue weighted by Crippen LogP contribution is -2.25. The molecule has 5 nitrogen and oxygen atoms in total. The van der Waals surface area contributed by atoms with Crippen molar-refractivity contribution < 1.29 is 4.74 Å². The van der Waals surface area contributed by atoms with Gasteiger partial charge in [0, 0.05) is 43.4 Å². The Bertz CT molecular complexity index is 518. The van der Waals surface area contributed by atoms with E-state index in [1.807, 2.05) is 24.4 Å². The Morgan fingerprint density at radius 1 is 1.30 bits per heavy atom. The number of anilines is 1. The fraction of sp³-hybridized carbons (Fsp3) is 0.333. The van der Waals surface area contributed by atoms with E-state index in [2.05, 4.69) is 20.9 Å². The lowest BCUT2D eigenvalue weighted by Gasteiger charge is -2.24. The number of nitrogens with two attached hydrogens (primary N) is 1. The average Bonchev–Trinajstić information content (AvgIpc) is 2.52. The maximum Gasteiger partial charge on any atom is 0.214 e. The molecule has 0 saturated carbocycles. The third-order valence-electron chi connectivity index (χ3n) is 3.02. The lowest BCUT2D eigenvalue weighted by molar-refractivity contribution is 0.398. The molecule has 2 N–H and O–H groups in total. The minimum Gasteiger partial charge on any atom is -0.481 e. The second kappa shape index (κ2) is 7.45. The van der Waals surface area contributed by atoms with Gasteiger partial charge in [-0.3, -0.25) is 4.98 Å². The summed E-state index contributed by atoms with van der Waals surface area (Å²) in [6.45, 7) is 2.35. The van der Waals surface area contributed by atoms with E-state index in [4.69, 9.17) is 10.5 Å². The second-order valence-electron chi connectivity index (χ2n) is 4.48. The standard InChI is InChI=1S/C15H20N4O/c1-20-15-10-14(5-8-18-15)19(9-3-6-16)12-13-4-2-7-17-11-13/h2,4-5,7-8,10-11H,3,6,9,12,16H2,1H3. The van der Waals surface area contributed by atoms with Crippen LogP contribution in [0.5, 0.6) is 5.88 Å². The molecule has 2 aromatic heterocycles. The van der Waals surface area contributed by atoms with Crippen LogP contribution >= 0.6 is 0 Å². The van der Waals surface area contributed by atoms with Crippen LogP contribution in [0, 0.1) is 0 Å². The molecule has 0 aliphatic carbocycles. The highest BCUT2D eigenvalue weighted by Gasteiger charge is 2.08. The molecular weight excluding hydrogens is 252 g/mol. The molecule has 5 heteroatoms. The summed E-state index contributed by atoms with van der Waals surface area (Å²) in [6, 6.07) is 7.94. The Kier molecular flexibility index (Phi) is 5.32. The van der Waals surface area contributed by atoms with Crippen molar-refractivity contribution in [1.82, 2.24) is 9.97 Å². The minimum atomic E-state index is 0.617. The Labute approximate surface area is 119 Å². The van der Waals surface area contributed by atoms with Crippen LogP contribution in [0.25, 0.3) is 0 Å². The molecule has 2 rings (SSSR count). The number of ether oxygens (including phenoxy) is 1. The summed E-state index contributed by atoms with van der Waals surface area (Å²) in [5, 5.41) is 0. The van der Waals surface area contributed by atoms with Crippen LogP contribution < -0.4 is 15.4 Å². The fourth-order valence-electron chi connectivity index (χ4n) is 2.00. The maximum absolute atomic E-state index is 5.63. The van der Waals surface area contributed by atoms with Gasteiger partial charge in [-0.2, -0.15) is 0 Å². The van der Waals surface area contributed by atoms with Crippen molar-refractivity contribution in [3.8, 4) is 5.88 Å². The highest BCUT2D eigenvalue weighted by atomic mass is 16.5. The molecule has 0 saturated heterocycles. The normalized spacial score (nSPS) is 10.3. The van der Waals surface area contributed by atoms with Crippen molar-refractivity contribution in [2.24, 2.45) is 5.73 Å². The summed E-state index contributed by atoms with van der Waals surface area (Å²) in [5.74, 6) is 0.617. The number of aromatic nitrogens is 2. The van der Waals surface area contributed by atoms with Crippen LogP contribution in [-0.4, -0.2) is 30.2 Å². The number of hydrogen-bond donors (Lipinski definition) is 1. The van der Waals surface area contributed by atoms with Crippen LogP contribution in [0.2, 0.25) is 0 Å². The van der Waals surface area contributed by atoms with Gasteiger partial charge in [-0.1, -0.05) is 6.07 Å². The van der Waals surface area contributed by atoms with Crippen molar-refractivity contribution in [3.63, 3.8) is 0 Å². The molecule has 0 aliphatic rings. The highest BCUT2D eigenvalue weighted by molar-refractivity contribution is 5.48. The molecule has 0 atom stereocenters. The maximum atomic E-state index is 5.63.